The zero-order chi connectivity index (χ0) is 11.7. The van der Waals surface area contributed by atoms with Crippen LogP contribution in [0.15, 0.2) is 29.2 Å². The van der Waals surface area contributed by atoms with Gasteiger partial charge in [0.05, 0.1) is 12.4 Å². The van der Waals surface area contributed by atoms with E-state index in [1.165, 1.54) is 11.3 Å². The van der Waals surface area contributed by atoms with Crippen molar-refractivity contribution in [2.75, 3.05) is 0 Å². The molecule has 3 aromatic heterocycles. The highest BCUT2D eigenvalue weighted by molar-refractivity contribution is 7.71. The van der Waals surface area contributed by atoms with Gasteiger partial charge in [-0.3, -0.25) is 9.97 Å². The van der Waals surface area contributed by atoms with Gasteiger partial charge >= 0.3 is 0 Å². The van der Waals surface area contributed by atoms with E-state index in [9.17, 15) is 0 Å². The third-order valence-electron chi connectivity index (χ3n) is 1.94. The number of aromatic amines is 1. The molecule has 1 N–H and O–H groups in total. The van der Waals surface area contributed by atoms with E-state index in [1.54, 1.807) is 24.8 Å². The Morgan fingerprint density at radius 2 is 2.18 bits per heavy atom. The fraction of sp³-hybridized carbons (Fsp3) is 0. The maximum Gasteiger partial charge on any atom is 0.284 e. The summed E-state index contributed by atoms with van der Waals surface area (Å²) >= 11 is 6.23. The van der Waals surface area contributed by atoms with Crippen molar-refractivity contribution in [2.24, 2.45) is 0 Å². The number of H-pyrrole nitrogens is 1. The summed E-state index contributed by atoms with van der Waals surface area (Å²) in [5.74, 6) is 0.433. The Labute approximate surface area is 104 Å². The van der Waals surface area contributed by atoms with Crippen molar-refractivity contribution >= 4 is 23.6 Å². The van der Waals surface area contributed by atoms with E-state index in [1.807, 2.05) is 0 Å². The maximum atomic E-state index is 5.20. The Morgan fingerprint density at radius 1 is 1.24 bits per heavy atom. The number of nitrogens with zero attached hydrogens (tertiary/aromatic N) is 4. The van der Waals surface area contributed by atoms with Gasteiger partial charge in [-0.2, -0.15) is 0 Å². The number of hydrogen-bond donors (Lipinski definition) is 1. The van der Waals surface area contributed by atoms with Crippen LogP contribution < -0.4 is 0 Å². The topological polar surface area (TPSA) is 80.5 Å². The van der Waals surface area contributed by atoms with Crippen LogP contribution in [0.5, 0.6) is 0 Å². The van der Waals surface area contributed by atoms with Crippen molar-refractivity contribution < 1.29 is 4.42 Å². The summed E-state index contributed by atoms with van der Waals surface area (Å²) in [4.78, 5) is 13.4. The number of nitrogens with one attached hydrogen (secondary N) is 1. The molecule has 0 saturated heterocycles. The van der Waals surface area contributed by atoms with Crippen LogP contribution in [0.2, 0.25) is 0 Å². The average molecular weight is 263 g/mol. The fourth-order valence-corrected chi connectivity index (χ4v) is 2.16. The van der Waals surface area contributed by atoms with E-state index < -0.39 is 0 Å². The van der Waals surface area contributed by atoms with E-state index in [-0.39, 0.29) is 4.84 Å². The van der Waals surface area contributed by atoms with Gasteiger partial charge in [0.15, 0.2) is 0 Å². The van der Waals surface area contributed by atoms with E-state index in [4.69, 9.17) is 16.6 Å². The molecular formula is C9H5N5OS2. The highest BCUT2D eigenvalue weighted by Crippen LogP contribution is 2.29. The molecule has 0 aliphatic heterocycles. The summed E-state index contributed by atoms with van der Waals surface area (Å²) in [6.45, 7) is 0. The van der Waals surface area contributed by atoms with Gasteiger partial charge in [-0.05, 0) is 12.2 Å². The average Bonchev–Trinajstić information content (AvgIpc) is 2.98. The van der Waals surface area contributed by atoms with E-state index in [0.29, 0.717) is 5.89 Å². The first-order valence-corrected chi connectivity index (χ1v) is 5.83. The quantitative estimate of drug-likeness (QED) is 0.715. The first kappa shape index (κ1) is 10.2. The summed E-state index contributed by atoms with van der Waals surface area (Å²) in [7, 11) is 0. The molecule has 0 spiro atoms. The maximum absolute atomic E-state index is 5.20. The minimum Gasteiger partial charge on any atom is -0.408 e. The lowest BCUT2D eigenvalue weighted by Gasteiger charge is -1.90. The van der Waals surface area contributed by atoms with Gasteiger partial charge in [-0.25, -0.2) is 10.1 Å². The molecule has 0 saturated carbocycles. The van der Waals surface area contributed by atoms with Crippen LogP contribution in [0.3, 0.4) is 0 Å². The van der Waals surface area contributed by atoms with Crippen molar-refractivity contribution in [2.45, 2.75) is 0 Å². The molecule has 0 aliphatic carbocycles. The van der Waals surface area contributed by atoms with Gasteiger partial charge in [0.1, 0.15) is 15.6 Å². The Hall–Kier alpha value is -1.93. The van der Waals surface area contributed by atoms with E-state index in [0.717, 1.165) is 15.6 Å². The van der Waals surface area contributed by atoms with Crippen LogP contribution in [0, 0.1) is 4.84 Å². The number of rotatable bonds is 2. The van der Waals surface area contributed by atoms with Crippen molar-refractivity contribution in [1.29, 1.82) is 0 Å². The zero-order valence-corrected chi connectivity index (χ0v) is 9.96. The van der Waals surface area contributed by atoms with Crippen LogP contribution in [0.25, 0.3) is 21.5 Å². The third kappa shape index (κ3) is 1.99. The molecule has 0 aliphatic rings. The predicted octanol–water partition coefficient (Wildman–Crippen LogP) is 2.31. The van der Waals surface area contributed by atoms with E-state index in [2.05, 4.69) is 25.1 Å². The molecule has 0 atom stereocenters. The molecule has 0 unspecified atom stereocenters. The molecule has 0 radical (unpaired) electrons. The van der Waals surface area contributed by atoms with Crippen LogP contribution in [0.4, 0.5) is 0 Å². The third-order valence-corrected chi connectivity index (χ3v) is 3.12. The molecule has 6 nitrogen and oxygen atoms in total. The summed E-state index contributed by atoms with van der Waals surface area (Å²) < 4.78 is 5.20. The largest absolute Gasteiger partial charge is 0.408 e. The second kappa shape index (κ2) is 4.15. The SMILES string of the molecule is S=c1[nH]nc(-c2cnc(-c3cnccn3)s2)o1. The van der Waals surface area contributed by atoms with Gasteiger partial charge in [-0.15, -0.1) is 16.4 Å². The Bertz CT molecular complexity index is 686. The Balaban J connectivity index is 2.01. The zero-order valence-electron chi connectivity index (χ0n) is 8.32. The molecule has 8 heteroatoms. The summed E-state index contributed by atoms with van der Waals surface area (Å²) in [6.07, 6.45) is 6.56. The number of hydrogen-bond acceptors (Lipinski definition) is 7. The van der Waals surface area contributed by atoms with Gasteiger partial charge in [0, 0.05) is 12.4 Å². The molecular weight excluding hydrogens is 258 g/mol. The van der Waals surface area contributed by atoms with Gasteiger partial charge < -0.3 is 4.42 Å². The van der Waals surface area contributed by atoms with Crippen molar-refractivity contribution in [3.8, 4) is 21.5 Å². The molecule has 17 heavy (non-hydrogen) atoms. The molecule has 0 fully saturated rings. The van der Waals surface area contributed by atoms with Crippen LogP contribution >= 0.6 is 23.6 Å². The van der Waals surface area contributed by atoms with Crippen LogP contribution in [-0.4, -0.2) is 25.1 Å². The lowest BCUT2D eigenvalue weighted by atomic mass is 10.5. The minimum absolute atomic E-state index is 0.245. The summed E-state index contributed by atoms with van der Waals surface area (Å²) in [5, 5.41) is 7.26. The van der Waals surface area contributed by atoms with Crippen molar-refractivity contribution in [3.05, 3.63) is 29.6 Å². The molecule has 3 heterocycles. The summed E-state index contributed by atoms with van der Waals surface area (Å²) in [5.41, 5.74) is 0.720. The second-order valence-corrected chi connectivity index (χ2v) is 4.44. The molecule has 3 rings (SSSR count). The lowest BCUT2D eigenvalue weighted by molar-refractivity contribution is 0.553. The van der Waals surface area contributed by atoms with Crippen molar-refractivity contribution in [1.82, 2.24) is 25.1 Å². The van der Waals surface area contributed by atoms with E-state index >= 15 is 0 Å². The fourth-order valence-electron chi connectivity index (χ4n) is 1.24. The first-order chi connectivity index (χ1) is 8.33. The van der Waals surface area contributed by atoms with Gasteiger partial charge in [0.2, 0.25) is 0 Å². The smallest absolute Gasteiger partial charge is 0.284 e. The molecule has 3 aromatic rings. The lowest BCUT2D eigenvalue weighted by Crippen LogP contribution is -1.81. The molecule has 0 amide bonds. The predicted molar refractivity (Wildman–Crippen MR) is 63.8 cm³/mol. The van der Waals surface area contributed by atoms with Crippen molar-refractivity contribution in [3.63, 3.8) is 0 Å². The molecule has 84 valence electrons. The first-order valence-electron chi connectivity index (χ1n) is 4.61. The van der Waals surface area contributed by atoms with Crippen LogP contribution in [-0.2, 0) is 0 Å². The summed E-state index contributed by atoms with van der Waals surface area (Å²) in [6, 6.07) is 0. The minimum atomic E-state index is 0.245. The highest BCUT2D eigenvalue weighted by atomic mass is 32.1. The normalized spacial score (nSPS) is 10.6. The standard InChI is InChI=1S/C9H5N5OS2/c16-9-14-13-7(15-9)6-4-12-8(17-6)5-3-10-1-2-11-5/h1-4H,(H,14,16). The second-order valence-electron chi connectivity index (χ2n) is 3.04. The Morgan fingerprint density at radius 3 is 2.88 bits per heavy atom. The highest BCUT2D eigenvalue weighted by Gasteiger charge is 2.11. The van der Waals surface area contributed by atoms with Gasteiger partial charge in [-0.1, -0.05) is 0 Å². The number of aromatic nitrogens is 5. The molecule has 0 aromatic carbocycles. The monoisotopic (exact) mass is 263 g/mol. The Kier molecular flexibility index (Phi) is 2.50. The number of thiazole rings is 1. The van der Waals surface area contributed by atoms with Gasteiger partial charge in [0.25, 0.3) is 10.7 Å². The molecule has 0 bridgehead atoms. The van der Waals surface area contributed by atoms with Crippen LogP contribution in [0.1, 0.15) is 0 Å².